The van der Waals surface area contributed by atoms with Gasteiger partial charge in [-0.1, -0.05) is 48.5 Å². The summed E-state index contributed by atoms with van der Waals surface area (Å²) in [5.74, 6) is 0.731. The van der Waals surface area contributed by atoms with E-state index in [1.165, 1.54) is 0 Å². The van der Waals surface area contributed by atoms with Crippen molar-refractivity contribution in [2.75, 3.05) is 20.2 Å². The van der Waals surface area contributed by atoms with E-state index in [9.17, 15) is 9.59 Å². The minimum atomic E-state index is -0.342. The molecule has 28 heavy (non-hydrogen) atoms. The van der Waals surface area contributed by atoms with Gasteiger partial charge in [0.15, 0.2) is 0 Å². The average molecular weight is 381 g/mol. The number of nitrogens with zero attached hydrogens (tertiary/aromatic N) is 2. The number of fused-ring (bicyclic) bond motifs is 1. The number of likely N-dealkylation sites (tertiary alicyclic amines) is 1. The molecule has 0 spiro atoms. The monoisotopic (exact) mass is 381 g/mol. The number of carbonyl (C=O) groups is 2. The Kier molecular flexibility index (Phi) is 5.06. The highest BCUT2D eigenvalue weighted by molar-refractivity contribution is 5.76. The Bertz CT molecular complexity index is 858. The number of amides is 3. The number of methoxy groups -OCH3 is 1. The fourth-order valence-corrected chi connectivity index (χ4v) is 3.75. The highest BCUT2D eigenvalue weighted by Crippen LogP contribution is 2.30. The molecule has 4 rings (SSSR count). The molecule has 2 saturated heterocycles. The van der Waals surface area contributed by atoms with E-state index in [-0.39, 0.29) is 24.3 Å². The van der Waals surface area contributed by atoms with Gasteiger partial charge in [0, 0.05) is 18.7 Å². The molecule has 1 N–H and O–H groups in total. The van der Waals surface area contributed by atoms with Crippen LogP contribution in [0.5, 0.6) is 5.75 Å². The van der Waals surface area contributed by atoms with Crippen molar-refractivity contribution in [3.63, 3.8) is 0 Å². The molecule has 7 heteroatoms. The lowest BCUT2D eigenvalue weighted by Crippen LogP contribution is -2.42. The molecule has 0 unspecified atom stereocenters. The number of hydrogen-bond acceptors (Lipinski definition) is 4. The second kappa shape index (κ2) is 7.80. The van der Waals surface area contributed by atoms with Crippen LogP contribution >= 0.6 is 0 Å². The fraction of sp³-hybridized carbons (Fsp3) is 0.333. The molecule has 0 aromatic heterocycles. The quantitative estimate of drug-likeness (QED) is 0.864. The third-order valence-corrected chi connectivity index (χ3v) is 5.23. The van der Waals surface area contributed by atoms with E-state index in [0.29, 0.717) is 26.2 Å². The minimum Gasteiger partial charge on any atom is -0.496 e. The van der Waals surface area contributed by atoms with Crippen LogP contribution in [0.3, 0.4) is 0 Å². The Morgan fingerprint density at radius 2 is 1.89 bits per heavy atom. The standard InChI is InChI=1S/C21H23N3O4/c1-27-18-10-6-5-9-16(18)12-24-17-13-23(14-19(17)28-21(24)26)20(25)22-11-15-7-3-2-4-8-15/h2-10,17,19H,11-14H2,1H3,(H,22,25)/t17-,19+/m0/s1. The van der Waals surface area contributed by atoms with Crippen molar-refractivity contribution >= 4 is 12.1 Å². The summed E-state index contributed by atoms with van der Waals surface area (Å²) in [6.07, 6.45) is -0.644. The first-order valence-electron chi connectivity index (χ1n) is 9.31. The molecule has 7 nitrogen and oxygen atoms in total. The summed E-state index contributed by atoms with van der Waals surface area (Å²) in [6, 6.07) is 17.1. The first kappa shape index (κ1) is 18.2. The lowest BCUT2D eigenvalue weighted by atomic mass is 10.1. The summed E-state index contributed by atoms with van der Waals surface area (Å²) in [5, 5.41) is 2.93. The molecule has 2 atom stereocenters. The van der Waals surface area contributed by atoms with E-state index in [2.05, 4.69) is 5.32 Å². The highest BCUT2D eigenvalue weighted by atomic mass is 16.6. The van der Waals surface area contributed by atoms with E-state index < -0.39 is 0 Å². The molecule has 2 aliphatic rings. The second-order valence-corrected chi connectivity index (χ2v) is 6.98. The van der Waals surface area contributed by atoms with Gasteiger partial charge >= 0.3 is 12.1 Å². The zero-order valence-corrected chi connectivity index (χ0v) is 15.7. The van der Waals surface area contributed by atoms with E-state index in [4.69, 9.17) is 9.47 Å². The maximum absolute atomic E-state index is 12.5. The summed E-state index contributed by atoms with van der Waals surface area (Å²) in [6.45, 7) is 1.71. The largest absolute Gasteiger partial charge is 0.496 e. The number of hydrogen-bond donors (Lipinski definition) is 1. The van der Waals surface area contributed by atoms with Gasteiger partial charge in [0.05, 0.1) is 26.2 Å². The number of ether oxygens (including phenoxy) is 2. The lowest BCUT2D eigenvalue weighted by molar-refractivity contribution is 0.122. The van der Waals surface area contributed by atoms with Crippen molar-refractivity contribution in [3.05, 3.63) is 65.7 Å². The van der Waals surface area contributed by atoms with Crippen molar-refractivity contribution in [2.24, 2.45) is 0 Å². The first-order chi connectivity index (χ1) is 13.7. The SMILES string of the molecule is COc1ccccc1CN1C(=O)O[C@@H]2CN(C(=O)NCc3ccccc3)C[C@@H]21. The van der Waals surface area contributed by atoms with Crippen LogP contribution in [0.1, 0.15) is 11.1 Å². The molecule has 2 heterocycles. The predicted molar refractivity (Wildman–Crippen MR) is 103 cm³/mol. The lowest BCUT2D eigenvalue weighted by Gasteiger charge is -2.23. The van der Waals surface area contributed by atoms with Gasteiger partial charge < -0.3 is 19.7 Å². The first-order valence-corrected chi connectivity index (χ1v) is 9.31. The van der Waals surface area contributed by atoms with Gasteiger partial charge in [0.25, 0.3) is 0 Å². The van der Waals surface area contributed by atoms with Crippen LogP contribution < -0.4 is 10.1 Å². The molecule has 2 aromatic carbocycles. The number of benzene rings is 2. The van der Waals surface area contributed by atoms with E-state index in [1.54, 1.807) is 16.9 Å². The number of rotatable bonds is 5. The smallest absolute Gasteiger partial charge is 0.410 e. The number of nitrogens with one attached hydrogen (secondary N) is 1. The zero-order chi connectivity index (χ0) is 19.5. The summed E-state index contributed by atoms with van der Waals surface area (Å²) in [4.78, 5) is 28.3. The molecule has 0 bridgehead atoms. The Morgan fingerprint density at radius 3 is 2.68 bits per heavy atom. The van der Waals surface area contributed by atoms with Crippen LogP contribution in [0.25, 0.3) is 0 Å². The van der Waals surface area contributed by atoms with Crippen LogP contribution in [0, 0.1) is 0 Å². The topological polar surface area (TPSA) is 71.1 Å². The van der Waals surface area contributed by atoms with E-state index in [1.807, 2.05) is 54.6 Å². The van der Waals surface area contributed by atoms with Gasteiger partial charge in [-0.2, -0.15) is 0 Å². The predicted octanol–water partition coefficient (Wildman–Crippen LogP) is 2.61. The number of urea groups is 1. The second-order valence-electron chi connectivity index (χ2n) is 6.98. The molecule has 2 fully saturated rings. The average Bonchev–Trinajstić information content (AvgIpc) is 3.26. The van der Waals surface area contributed by atoms with Crippen molar-refractivity contribution in [3.8, 4) is 5.75 Å². The summed E-state index contributed by atoms with van der Waals surface area (Å²) >= 11 is 0. The van der Waals surface area contributed by atoms with E-state index >= 15 is 0 Å². The van der Waals surface area contributed by atoms with Gasteiger partial charge in [0.2, 0.25) is 0 Å². The minimum absolute atomic E-state index is 0.147. The van der Waals surface area contributed by atoms with Gasteiger partial charge in [-0.25, -0.2) is 9.59 Å². The Balaban J connectivity index is 1.39. The molecule has 3 amide bonds. The zero-order valence-electron chi connectivity index (χ0n) is 15.7. The van der Waals surface area contributed by atoms with Crippen molar-refractivity contribution in [1.82, 2.24) is 15.1 Å². The van der Waals surface area contributed by atoms with Crippen molar-refractivity contribution < 1.29 is 19.1 Å². The van der Waals surface area contributed by atoms with Gasteiger partial charge in [-0.15, -0.1) is 0 Å². The molecular weight excluding hydrogens is 358 g/mol. The Morgan fingerprint density at radius 1 is 1.14 bits per heavy atom. The molecule has 0 radical (unpaired) electrons. The van der Waals surface area contributed by atoms with Gasteiger partial charge in [0.1, 0.15) is 11.9 Å². The Hall–Kier alpha value is -3.22. The molecule has 146 valence electrons. The van der Waals surface area contributed by atoms with Gasteiger partial charge in [-0.05, 0) is 11.6 Å². The third kappa shape index (κ3) is 3.60. The molecular formula is C21H23N3O4. The van der Waals surface area contributed by atoms with E-state index in [0.717, 1.165) is 16.9 Å². The maximum Gasteiger partial charge on any atom is 0.410 e. The van der Waals surface area contributed by atoms with Gasteiger partial charge in [-0.3, -0.25) is 4.90 Å². The molecule has 2 aliphatic heterocycles. The molecule has 2 aromatic rings. The highest BCUT2D eigenvalue weighted by Gasteiger charge is 2.48. The fourth-order valence-electron chi connectivity index (χ4n) is 3.75. The molecule has 0 saturated carbocycles. The number of carbonyl (C=O) groups excluding carboxylic acids is 2. The van der Waals surface area contributed by atoms with Crippen LogP contribution in [0.4, 0.5) is 9.59 Å². The van der Waals surface area contributed by atoms with Crippen LogP contribution in [0.15, 0.2) is 54.6 Å². The van der Waals surface area contributed by atoms with Crippen LogP contribution in [0.2, 0.25) is 0 Å². The summed E-state index contributed by atoms with van der Waals surface area (Å²) in [5.41, 5.74) is 1.95. The van der Waals surface area contributed by atoms with Crippen molar-refractivity contribution in [1.29, 1.82) is 0 Å². The molecule has 0 aliphatic carbocycles. The summed E-state index contributed by atoms with van der Waals surface area (Å²) in [7, 11) is 1.61. The summed E-state index contributed by atoms with van der Waals surface area (Å²) < 4.78 is 10.9. The van der Waals surface area contributed by atoms with Crippen LogP contribution in [-0.4, -0.2) is 54.3 Å². The third-order valence-electron chi connectivity index (χ3n) is 5.23. The number of para-hydroxylation sites is 1. The van der Waals surface area contributed by atoms with Crippen LogP contribution in [-0.2, 0) is 17.8 Å². The maximum atomic E-state index is 12.5. The Labute approximate surface area is 163 Å². The van der Waals surface area contributed by atoms with Crippen molar-refractivity contribution in [2.45, 2.75) is 25.2 Å². The normalized spacial score (nSPS) is 20.7.